The summed E-state index contributed by atoms with van der Waals surface area (Å²) in [6.45, 7) is 6.51. The van der Waals surface area contributed by atoms with E-state index in [4.69, 9.17) is 4.74 Å². The number of hydrogen-bond acceptors (Lipinski definition) is 2. The highest BCUT2D eigenvalue weighted by atomic mass is 16.5. The first-order valence-corrected chi connectivity index (χ1v) is 7.06. The normalized spacial score (nSPS) is 12.0. The van der Waals surface area contributed by atoms with Crippen molar-refractivity contribution in [1.29, 1.82) is 0 Å². The number of para-hydroxylation sites is 1. The van der Waals surface area contributed by atoms with E-state index in [1.54, 1.807) is 7.11 Å². The molecule has 0 saturated heterocycles. The van der Waals surface area contributed by atoms with Gasteiger partial charge in [0.25, 0.3) is 0 Å². The van der Waals surface area contributed by atoms with Crippen LogP contribution in [0.4, 0.5) is 5.69 Å². The fourth-order valence-electron chi connectivity index (χ4n) is 2.43. The van der Waals surface area contributed by atoms with Crippen LogP contribution in [0, 0.1) is 13.8 Å². The van der Waals surface area contributed by atoms with Gasteiger partial charge in [-0.2, -0.15) is 0 Å². The fraction of sp³-hybridized carbons (Fsp3) is 0.333. The van der Waals surface area contributed by atoms with Gasteiger partial charge < -0.3 is 10.1 Å². The van der Waals surface area contributed by atoms with Crippen molar-refractivity contribution in [3.63, 3.8) is 0 Å². The van der Waals surface area contributed by atoms with E-state index in [-0.39, 0.29) is 0 Å². The zero-order valence-corrected chi connectivity index (χ0v) is 12.7. The highest BCUT2D eigenvalue weighted by Gasteiger charge is 2.09. The molecule has 106 valence electrons. The molecule has 2 nitrogen and oxygen atoms in total. The van der Waals surface area contributed by atoms with Crippen LogP contribution < -0.4 is 10.1 Å². The summed E-state index contributed by atoms with van der Waals surface area (Å²) in [7, 11) is 1.72. The van der Waals surface area contributed by atoms with Crippen LogP contribution in [0.15, 0.2) is 42.5 Å². The monoisotopic (exact) mass is 269 g/mol. The van der Waals surface area contributed by atoms with Crippen LogP contribution in [0.25, 0.3) is 0 Å². The van der Waals surface area contributed by atoms with Gasteiger partial charge in [0.05, 0.1) is 7.11 Å². The molecule has 1 N–H and O–H groups in total. The molecule has 0 fully saturated rings. The van der Waals surface area contributed by atoms with Crippen LogP contribution in [0.3, 0.4) is 0 Å². The molecule has 1 atom stereocenters. The molecule has 0 bridgehead atoms. The number of methoxy groups -OCH3 is 1. The summed E-state index contributed by atoms with van der Waals surface area (Å²) in [5.41, 5.74) is 5.09. The molecule has 0 aliphatic rings. The average Bonchev–Trinajstić information content (AvgIpc) is 2.44. The molecule has 0 amide bonds. The van der Waals surface area contributed by atoms with Crippen molar-refractivity contribution in [3.05, 3.63) is 59.2 Å². The van der Waals surface area contributed by atoms with Gasteiger partial charge in [-0.05, 0) is 56.0 Å². The second-order valence-corrected chi connectivity index (χ2v) is 5.31. The number of rotatable bonds is 5. The maximum Gasteiger partial charge on any atom is 0.122 e. The van der Waals surface area contributed by atoms with Crippen LogP contribution in [0.2, 0.25) is 0 Å². The third-order valence-corrected chi connectivity index (χ3v) is 3.73. The number of nitrogens with one attached hydrogen (secondary N) is 1. The van der Waals surface area contributed by atoms with Gasteiger partial charge in [-0.1, -0.05) is 30.3 Å². The van der Waals surface area contributed by atoms with Gasteiger partial charge in [-0.15, -0.1) is 0 Å². The zero-order valence-electron chi connectivity index (χ0n) is 12.7. The molecule has 2 rings (SSSR count). The molecule has 0 aliphatic heterocycles. The lowest BCUT2D eigenvalue weighted by Crippen LogP contribution is -2.19. The first-order chi connectivity index (χ1) is 9.61. The molecule has 0 saturated carbocycles. The zero-order chi connectivity index (χ0) is 14.5. The molecular formula is C18H23NO. The van der Waals surface area contributed by atoms with E-state index in [0.29, 0.717) is 6.04 Å². The highest BCUT2D eigenvalue weighted by Crippen LogP contribution is 2.22. The molecule has 0 aliphatic carbocycles. The summed E-state index contributed by atoms with van der Waals surface area (Å²) >= 11 is 0. The predicted molar refractivity (Wildman–Crippen MR) is 85.7 cm³/mol. The van der Waals surface area contributed by atoms with Gasteiger partial charge in [0.2, 0.25) is 0 Å². The number of hydrogen-bond donors (Lipinski definition) is 1. The Labute approximate surface area is 121 Å². The van der Waals surface area contributed by atoms with Crippen molar-refractivity contribution in [2.75, 3.05) is 12.4 Å². The molecule has 1 unspecified atom stereocenters. The van der Waals surface area contributed by atoms with Gasteiger partial charge in [0.1, 0.15) is 5.75 Å². The maximum atomic E-state index is 5.41. The number of anilines is 1. The van der Waals surface area contributed by atoms with Crippen molar-refractivity contribution < 1.29 is 4.74 Å². The van der Waals surface area contributed by atoms with E-state index in [2.05, 4.69) is 56.4 Å². The molecule has 20 heavy (non-hydrogen) atoms. The summed E-state index contributed by atoms with van der Waals surface area (Å²) in [6, 6.07) is 14.9. The van der Waals surface area contributed by atoms with Crippen LogP contribution >= 0.6 is 0 Å². The molecule has 2 heteroatoms. The minimum atomic E-state index is 0.354. The molecular weight excluding hydrogens is 246 g/mol. The Bertz CT molecular complexity index is 577. The Morgan fingerprint density at radius 3 is 2.55 bits per heavy atom. The largest absolute Gasteiger partial charge is 0.496 e. The third-order valence-electron chi connectivity index (χ3n) is 3.73. The standard InChI is InChI=1S/C18H23NO/c1-13-8-7-10-17(15(13)3)19-14(2)12-16-9-5-6-11-18(16)20-4/h5-11,14,19H,12H2,1-4H3. The predicted octanol–water partition coefficient (Wildman–Crippen LogP) is 4.36. The van der Waals surface area contributed by atoms with E-state index in [9.17, 15) is 0 Å². The second kappa shape index (κ2) is 6.47. The Balaban J connectivity index is 2.09. The molecule has 0 heterocycles. The maximum absolute atomic E-state index is 5.41. The van der Waals surface area contributed by atoms with E-state index < -0.39 is 0 Å². The Morgan fingerprint density at radius 1 is 1.05 bits per heavy atom. The van der Waals surface area contributed by atoms with E-state index >= 15 is 0 Å². The summed E-state index contributed by atoms with van der Waals surface area (Å²) in [5.74, 6) is 0.960. The Morgan fingerprint density at radius 2 is 1.80 bits per heavy atom. The van der Waals surface area contributed by atoms with Gasteiger partial charge in [0, 0.05) is 11.7 Å². The lowest BCUT2D eigenvalue weighted by atomic mass is 10.0. The smallest absolute Gasteiger partial charge is 0.122 e. The minimum absolute atomic E-state index is 0.354. The van der Waals surface area contributed by atoms with E-state index in [0.717, 1.165) is 12.2 Å². The van der Waals surface area contributed by atoms with Crippen molar-refractivity contribution in [2.24, 2.45) is 0 Å². The number of ether oxygens (including phenoxy) is 1. The van der Waals surface area contributed by atoms with Crippen molar-refractivity contribution in [1.82, 2.24) is 0 Å². The number of benzene rings is 2. The summed E-state index contributed by atoms with van der Waals surface area (Å²) in [5, 5.41) is 3.60. The lowest BCUT2D eigenvalue weighted by molar-refractivity contribution is 0.409. The molecule has 0 spiro atoms. The Kier molecular flexibility index (Phi) is 4.67. The summed E-state index contributed by atoms with van der Waals surface area (Å²) in [6.07, 6.45) is 0.942. The summed E-state index contributed by atoms with van der Waals surface area (Å²) in [4.78, 5) is 0. The second-order valence-electron chi connectivity index (χ2n) is 5.31. The van der Waals surface area contributed by atoms with Crippen molar-refractivity contribution in [3.8, 4) is 5.75 Å². The Hall–Kier alpha value is -1.96. The van der Waals surface area contributed by atoms with Crippen LogP contribution in [-0.2, 0) is 6.42 Å². The van der Waals surface area contributed by atoms with Gasteiger partial charge in [-0.3, -0.25) is 0 Å². The molecule has 2 aromatic carbocycles. The molecule has 0 aromatic heterocycles. The van der Waals surface area contributed by atoms with Crippen molar-refractivity contribution in [2.45, 2.75) is 33.2 Å². The lowest BCUT2D eigenvalue weighted by Gasteiger charge is -2.19. The average molecular weight is 269 g/mol. The van der Waals surface area contributed by atoms with Gasteiger partial charge >= 0.3 is 0 Å². The SMILES string of the molecule is COc1ccccc1CC(C)Nc1cccc(C)c1C. The summed E-state index contributed by atoms with van der Waals surface area (Å²) < 4.78 is 5.41. The van der Waals surface area contributed by atoms with Crippen LogP contribution in [0.1, 0.15) is 23.6 Å². The first-order valence-electron chi connectivity index (χ1n) is 7.06. The molecule has 0 radical (unpaired) electrons. The van der Waals surface area contributed by atoms with Crippen molar-refractivity contribution >= 4 is 5.69 Å². The fourth-order valence-corrected chi connectivity index (χ4v) is 2.43. The third kappa shape index (κ3) is 3.32. The van der Waals surface area contributed by atoms with Crippen LogP contribution in [0.5, 0.6) is 5.75 Å². The first kappa shape index (κ1) is 14.4. The van der Waals surface area contributed by atoms with Gasteiger partial charge in [-0.25, -0.2) is 0 Å². The quantitative estimate of drug-likeness (QED) is 0.871. The van der Waals surface area contributed by atoms with E-state index in [1.807, 2.05) is 12.1 Å². The van der Waals surface area contributed by atoms with Gasteiger partial charge in [0.15, 0.2) is 0 Å². The molecule has 2 aromatic rings. The minimum Gasteiger partial charge on any atom is -0.496 e. The van der Waals surface area contributed by atoms with E-state index in [1.165, 1.54) is 22.4 Å². The topological polar surface area (TPSA) is 21.3 Å². The highest BCUT2D eigenvalue weighted by molar-refractivity contribution is 5.54. The number of aryl methyl sites for hydroxylation is 1. The van der Waals surface area contributed by atoms with Crippen LogP contribution in [-0.4, -0.2) is 13.2 Å².